The van der Waals surface area contributed by atoms with Crippen molar-refractivity contribution < 1.29 is 14.3 Å². The van der Waals surface area contributed by atoms with Crippen LogP contribution in [-0.2, 0) is 4.79 Å². The first-order valence-corrected chi connectivity index (χ1v) is 9.70. The number of nitrogens with one attached hydrogen (secondary N) is 1. The van der Waals surface area contributed by atoms with E-state index in [1.54, 1.807) is 24.3 Å². The van der Waals surface area contributed by atoms with Crippen LogP contribution in [0.3, 0.4) is 0 Å². The van der Waals surface area contributed by atoms with E-state index in [9.17, 15) is 9.18 Å². The molecule has 30 heavy (non-hydrogen) atoms. The molecule has 0 unspecified atom stereocenters. The van der Waals surface area contributed by atoms with Crippen LogP contribution in [0.4, 0.5) is 15.9 Å². The molecule has 0 saturated heterocycles. The van der Waals surface area contributed by atoms with Crippen LogP contribution in [0.5, 0.6) is 0 Å². The fourth-order valence-corrected chi connectivity index (χ4v) is 3.20. The Bertz CT molecular complexity index is 1090. The third-order valence-corrected chi connectivity index (χ3v) is 4.61. The number of carboxylic acids is 1. The number of carbonyl (C=O) groups is 1. The van der Waals surface area contributed by atoms with Crippen LogP contribution in [0.2, 0.25) is 0 Å². The molecule has 0 fully saturated rings. The van der Waals surface area contributed by atoms with Gasteiger partial charge in [0, 0.05) is 23.9 Å². The van der Waals surface area contributed by atoms with Crippen molar-refractivity contribution in [1.82, 2.24) is 4.98 Å². The average molecular weight is 421 g/mol. The van der Waals surface area contributed by atoms with Gasteiger partial charge in [-0.25, -0.2) is 14.2 Å². The number of aromatic nitrogens is 1. The van der Waals surface area contributed by atoms with Gasteiger partial charge < -0.3 is 15.3 Å². The number of hydrogen-bond acceptors (Lipinski definition) is 3. The second-order valence-corrected chi connectivity index (χ2v) is 6.72. The molecule has 2 N–H and O–H groups in total. The Hall–Kier alpha value is -3.58. The Morgan fingerprint density at radius 1 is 1.17 bits per heavy atom. The van der Waals surface area contributed by atoms with Gasteiger partial charge in [-0.05, 0) is 67.2 Å². The second kappa shape index (κ2) is 9.76. The fourth-order valence-electron chi connectivity index (χ4n) is 2.86. The normalized spacial score (nSPS) is 10.7. The highest BCUT2D eigenvalue weighted by Crippen LogP contribution is 2.25. The molecular weight excluding hydrogens is 401 g/mol. The molecule has 3 aromatic rings. The van der Waals surface area contributed by atoms with Crippen molar-refractivity contribution in [2.24, 2.45) is 0 Å². The molecule has 1 aromatic heterocycles. The molecular formula is C23H20FN3O2S. The molecule has 1 heterocycles. The van der Waals surface area contributed by atoms with Gasteiger partial charge >= 0.3 is 5.97 Å². The number of aliphatic carboxylic acids is 1. The first kappa shape index (κ1) is 21.1. The summed E-state index contributed by atoms with van der Waals surface area (Å²) in [6.07, 6.45) is 2.30. The smallest absolute Gasteiger partial charge is 0.328 e. The summed E-state index contributed by atoms with van der Waals surface area (Å²) in [6.45, 7) is 2.54. The molecule has 0 aliphatic heterocycles. The zero-order valence-corrected chi connectivity index (χ0v) is 17.1. The molecule has 2 aromatic carbocycles. The second-order valence-electron chi connectivity index (χ2n) is 6.33. The summed E-state index contributed by atoms with van der Waals surface area (Å²) in [5.74, 6) is -0.980. The van der Waals surface area contributed by atoms with Gasteiger partial charge in [0.2, 0.25) is 0 Å². The quantitative estimate of drug-likeness (QED) is 0.421. The van der Waals surface area contributed by atoms with E-state index in [4.69, 9.17) is 17.3 Å². The van der Waals surface area contributed by atoms with Gasteiger partial charge in [-0.2, -0.15) is 0 Å². The summed E-state index contributed by atoms with van der Waals surface area (Å²) in [7, 11) is 0. The maximum Gasteiger partial charge on any atom is 0.328 e. The standard InChI is InChI=1S/C23H20FN3O2S/c1-2-27(23(30)25-17-7-4-3-5-8-17)21-10-6-9-20(26-21)18-13-11-16(15-19(18)24)12-14-22(28)29/h3-15H,2H2,1H3,(H,25,30)(H,28,29)/b14-12+. The van der Waals surface area contributed by atoms with Crippen molar-refractivity contribution >= 4 is 40.9 Å². The van der Waals surface area contributed by atoms with Crippen molar-refractivity contribution in [2.75, 3.05) is 16.8 Å². The number of halogens is 1. The maximum atomic E-state index is 14.6. The van der Waals surface area contributed by atoms with E-state index in [0.717, 1.165) is 11.8 Å². The fraction of sp³-hybridized carbons (Fsp3) is 0.0870. The summed E-state index contributed by atoms with van der Waals surface area (Å²) in [5.41, 5.74) is 2.11. The number of carboxylic acid groups (broad SMARTS) is 1. The van der Waals surface area contributed by atoms with Crippen LogP contribution >= 0.6 is 12.2 Å². The third kappa shape index (κ3) is 5.27. The van der Waals surface area contributed by atoms with E-state index in [0.29, 0.717) is 34.3 Å². The molecule has 152 valence electrons. The molecule has 0 radical (unpaired) electrons. The Labute approximate surface area is 179 Å². The Balaban J connectivity index is 1.86. The zero-order valence-electron chi connectivity index (χ0n) is 16.2. The number of hydrogen-bond donors (Lipinski definition) is 2. The number of anilines is 2. The number of benzene rings is 2. The van der Waals surface area contributed by atoms with Crippen LogP contribution in [0.25, 0.3) is 17.3 Å². The van der Waals surface area contributed by atoms with Gasteiger partial charge in [-0.1, -0.05) is 30.3 Å². The predicted octanol–water partition coefficient (Wildman–Crippen LogP) is 5.21. The van der Waals surface area contributed by atoms with Crippen LogP contribution in [0.1, 0.15) is 12.5 Å². The van der Waals surface area contributed by atoms with Gasteiger partial charge in [-0.3, -0.25) is 0 Å². The summed E-state index contributed by atoms with van der Waals surface area (Å²) in [5, 5.41) is 12.4. The van der Waals surface area contributed by atoms with Crippen molar-refractivity contribution in [3.63, 3.8) is 0 Å². The lowest BCUT2D eigenvalue weighted by molar-refractivity contribution is -0.131. The van der Waals surface area contributed by atoms with E-state index < -0.39 is 11.8 Å². The summed E-state index contributed by atoms with van der Waals surface area (Å²) in [6, 6.07) is 19.4. The largest absolute Gasteiger partial charge is 0.478 e. The van der Waals surface area contributed by atoms with E-state index in [1.165, 1.54) is 12.1 Å². The highest BCUT2D eigenvalue weighted by molar-refractivity contribution is 7.80. The lowest BCUT2D eigenvalue weighted by Gasteiger charge is -2.24. The van der Waals surface area contributed by atoms with E-state index in [2.05, 4.69) is 10.3 Å². The first-order valence-electron chi connectivity index (χ1n) is 9.29. The zero-order chi connectivity index (χ0) is 21.5. The van der Waals surface area contributed by atoms with Crippen LogP contribution < -0.4 is 10.2 Å². The number of thiocarbonyl (C=S) groups is 1. The third-order valence-electron chi connectivity index (χ3n) is 4.28. The lowest BCUT2D eigenvalue weighted by atomic mass is 10.1. The lowest BCUT2D eigenvalue weighted by Crippen LogP contribution is -2.35. The molecule has 0 aliphatic rings. The van der Waals surface area contributed by atoms with Crippen LogP contribution in [-0.4, -0.2) is 27.7 Å². The van der Waals surface area contributed by atoms with Crippen LogP contribution in [0.15, 0.2) is 72.8 Å². The summed E-state index contributed by atoms with van der Waals surface area (Å²) < 4.78 is 14.6. The minimum Gasteiger partial charge on any atom is -0.478 e. The molecule has 0 atom stereocenters. The van der Waals surface area contributed by atoms with Gasteiger partial charge in [0.1, 0.15) is 11.6 Å². The van der Waals surface area contributed by atoms with Crippen molar-refractivity contribution in [3.8, 4) is 11.3 Å². The van der Waals surface area contributed by atoms with Gasteiger partial charge in [-0.15, -0.1) is 0 Å². The number of pyridine rings is 1. The molecule has 0 aliphatic carbocycles. The van der Waals surface area contributed by atoms with Crippen molar-refractivity contribution in [3.05, 3.63) is 84.2 Å². The summed E-state index contributed by atoms with van der Waals surface area (Å²) >= 11 is 5.54. The molecule has 0 saturated carbocycles. The number of nitrogens with zero attached hydrogens (tertiary/aromatic N) is 2. The molecule has 0 spiro atoms. The Kier molecular flexibility index (Phi) is 6.87. The molecule has 5 nitrogen and oxygen atoms in total. The predicted molar refractivity (Wildman–Crippen MR) is 122 cm³/mol. The molecule has 0 bridgehead atoms. The molecule has 7 heteroatoms. The van der Waals surface area contributed by atoms with E-state index >= 15 is 0 Å². The van der Waals surface area contributed by atoms with E-state index in [1.807, 2.05) is 48.2 Å². The topological polar surface area (TPSA) is 65.5 Å². The highest BCUT2D eigenvalue weighted by atomic mass is 32.1. The molecule has 3 rings (SSSR count). The van der Waals surface area contributed by atoms with Crippen molar-refractivity contribution in [1.29, 1.82) is 0 Å². The Morgan fingerprint density at radius 2 is 1.93 bits per heavy atom. The first-order chi connectivity index (χ1) is 14.5. The minimum absolute atomic E-state index is 0.322. The van der Waals surface area contributed by atoms with E-state index in [-0.39, 0.29) is 0 Å². The maximum absolute atomic E-state index is 14.6. The minimum atomic E-state index is -1.09. The SMILES string of the molecule is CCN(C(=S)Nc1ccccc1)c1cccc(-c2ccc(/C=C/C(=O)O)cc2F)n1. The molecule has 0 amide bonds. The van der Waals surface area contributed by atoms with Crippen molar-refractivity contribution in [2.45, 2.75) is 6.92 Å². The van der Waals surface area contributed by atoms with Gasteiger partial charge in [0.05, 0.1) is 5.69 Å². The van der Waals surface area contributed by atoms with Crippen LogP contribution in [0, 0.1) is 5.82 Å². The Morgan fingerprint density at radius 3 is 2.60 bits per heavy atom. The van der Waals surface area contributed by atoms with Gasteiger partial charge in [0.15, 0.2) is 5.11 Å². The average Bonchev–Trinajstić information content (AvgIpc) is 2.74. The highest BCUT2D eigenvalue weighted by Gasteiger charge is 2.14. The van der Waals surface area contributed by atoms with Gasteiger partial charge in [0.25, 0.3) is 0 Å². The monoisotopic (exact) mass is 421 g/mol. The number of para-hydroxylation sites is 1. The number of rotatable bonds is 6. The summed E-state index contributed by atoms with van der Waals surface area (Å²) in [4.78, 5) is 17.1.